The van der Waals surface area contributed by atoms with Crippen molar-refractivity contribution in [1.82, 2.24) is 14.9 Å². The first kappa shape index (κ1) is 11.3. The molecule has 1 amide bonds. The molecule has 0 saturated carbocycles. The van der Waals surface area contributed by atoms with Gasteiger partial charge < -0.3 is 15.0 Å². The van der Waals surface area contributed by atoms with Crippen molar-refractivity contribution in [3.8, 4) is 0 Å². The molecule has 1 aromatic rings. The molecule has 2 N–H and O–H groups in total. The minimum Gasteiger partial charge on any atom is -0.465 e. The number of rotatable bonds is 4. The highest BCUT2D eigenvalue weighted by atomic mass is 127. The van der Waals surface area contributed by atoms with Gasteiger partial charge in [-0.25, -0.2) is 9.78 Å². The van der Waals surface area contributed by atoms with E-state index in [9.17, 15) is 4.79 Å². The van der Waals surface area contributed by atoms with Crippen LogP contribution in [0.15, 0.2) is 6.20 Å². The minimum absolute atomic E-state index is 0.411. The van der Waals surface area contributed by atoms with Crippen LogP contribution in [0.1, 0.15) is 12.7 Å². The Balaban J connectivity index is 2.52. The predicted octanol–water partition coefficient (Wildman–Crippen LogP) is 1.32. The van der Waals surface area contributed by atoms with Crippen LogP contribution >= 0.6 is 22.6 Å². The highest BCUT2D eigenvalue weighted by molar-refractivity contribution is 14.1. The van der Waals surface area contributed by atoms with Crippen LogP contribution in [0.5, 0.6) is 0 Å². The number of hydrogen-bond acceptors (Lipinski definition) is 2. The Kier molecular flexibility index (Phi) is 4.18. The molecular weight excluding hydrogens is 297 g/mol. The molecule has 0 aliphatic carbocycles. The smallest absolute Gasteiger partial charge is 0.404 e. The molecule has 0 saturated heterocycles. The monoisotopic (exact) mass is 309 g/mol. The van der Waals surface area contributed by atoms with Crippen molar-refractivity contribution in [1.29, 1.82) is 0 Å². The fourth-order valence-corrected chi connectivity index (χ4v) is 1.79. The second-order valence-electron chi connectivity index (χ2n) is 2.76. The molecule has 0 aliphatic heterocycles. The first-order valence-electron chi connectivity index (χ1n) is 4.31. The van der Waals surface area contributed by atoms with Gasteiger partial charge in [0.1, 0.15) is 9.53 Å². The number of amides is 1. The lowest BCUT2D eigenvalue weighted by molar-refractivity contribution is 0.194. The average molecular weight is 309 g/mol. The number of carboxylic acid groups (broad SMARTS) is 1. The van der Waals surface area contributed by atoms with Gasteiger partial charge in [0.15, 0.2) is 0 Å². The van der Waals surface area contributed by atoms with E-state index >= 15 is 0 Å². The Labute approximate surface area is 95.7 Å². The number of halogens is 1. The SMILES string of the molecule is CCc1nc(I)cn1CCNC(=O)O. The van der Waals surface area contributed by atoms with Gasteiger partial charge in [0.05, 0.1) is 0 Å². The Bertz CT molecular complexity index is 324. The molecule has 0 bridgehead atoms. The Hall–Kier alpha value is -0.790. The molecule has 0 aromatic carbocycles. The van der Waals surface area contributed by atoms with Crippen molar-refractivity contribution >= 4 is 28.7 Å². The lowest BCUT2D eigenvalue weighted by Gasteiger charge is -2.05. The van der Waals surface area contributed by atoms with Gasteiger partial charge in [0.2, 0.25) is 0 Å². The van der Waals surface area contributed by atoms with E-state index < -0.39 is 6.09 Å². The van der Waals surface area contributed by atoms with Crippen LogP contribution in [-0.4, -0.2) is 27.3 Å². The van der Waals surface area contributed by atoms with Gasteiger partial charge in [0.25, 0.3) is 0 Å². The van der Waals surface area contributed by atoms with Crippen LogP contribution in [0.25, 0.3) is 0 Å². The third-order valence-electron chi connectivity index (χ3n) is 1.77. The van der Waals surface area contributed by atoms with E-state index in [0.717, 1.165) is 15.9 Å². The molecule has 0 radical (unpaired) electrons. The van der Waals surface area contributed by atoms with Crippen LogP contribution in [0, 0.1) is 3.70 Å². The average Bonchev–Trinajstić information content (AvgIpc) is 2.45. The summed E-state index contributed by atoms with van der Waals surface area (Å²) in [6.07, 6.45) is 1.79. The highest BCUT2D eigenvalue weighted by Crippen LogP contribution is 2.06. The number of aryl methyl sites for hydroxylation is 1. The highest BCUT2D eigenvalue weighted by Gasteiger charge is 2.03. The molecule has 0 unspecified atom stereocenters. The van der Waals surface area contributed by atoms with Gasteiger partial charge in [-0.3, -0.25) is 0 Å². The minimum atomic E-state index is -0.988. The third kappa shape index (κ3) is 3.17. The molecule has 14 heavy (non-hydrogen) atoms. The van der Waals surface area contributed by atoms with Crippen molar-refractivity contribution in [2.45, 2.75) is 19.9 Å². The number of nitrogens with one attached hydrogen (secondary N) is 1. The predicted molar refractivity (Wildman–Crippen MR) is 60.3 cm³/mol. The summed E-state index contributed by atoms with van der Waals surface area (Å²) in [4.78, 5) is 14.5. The van der Waals surface area contributed by atoms with Crippen LogP contribution in [0.3, 0.4) is 0 Å². The first-order valence-corrected chi connectivity index (χ1v) is 5.39. The summed E-state index contributed by atoms with van der Waals surface area (Å²) in [5.74, 6) is 0.988. The number of hydrogen-bond donors (Lipinski definition) is 2. The second-order valence-corrected chi connectivity index (χ2v) is 3.86. The van der Waals surface area contributed by atoms with E-state index in [1.165, 1.54) is 0 Å². The van der Waals surface area contributed by atoms with Crippen LogP contribution in [-0.2, 0) is 13.0 Å². The molecule has 78 valence electrons. The van der Waals surface area contributed by atoms with Crippen molar-refractivity contribution in [2.75, 3.05) is 6.54 Å². The normalized spacial score (nSPS) is 10.1. The molecular formula is C8H12IN3O2. The van der Waals surface area contributed by atoms with E-state index in [4.69, 9.17) is 5.11 Å². The van der Waals surface area contributed by atoms with Gasteiger partial charge in [-0.2, -0.15) is 0 Å². The zero-order valence-corrected chi connectivity index (χ0v) is 9.98. The summed E-state index contributed by atoms with van der Waals surface area (Å²) in [6, 6.07) is 0. The van der Waals surface area contributed by atoms with Gasteiger partial charge in [-0.1, -0.05) is 6.92 Å². The van der Waals surface area contributed by atoms with Gasteiger partial charge in [-0.15, -0.1) is 0 Å². The summed E-state index contributed by atoms with van der Waals surface area (Å²) in [5, 5.41) is 10.7. The zero-order valence-electron chi connectivity index (χ0n) is 7.83. The molecule has 0 aliphatic rings. The Morgan fingerprint density at radius 1 is 1.79 bits per heavy atom. The van der Waals surface area contributed by atoms with E-state index in [1.54, 1.807) is 0 Å². The number of aromatic nitrogens is 2. The topological polar surface area (TPSA) is 67.2 Å². The van der Waals surface area contributed by atoms with E-state index in [2.05, 4.69) is 32.9 Å². The maximum atomic E-state index is 10.2. The number of nitrogens with zero attached hydrogens (tertiary/aromatic N) is 2. The van der Waals surface area contributed by atoms with Gasteiger partial charge in [-0.05, 0) is 22.6 Å². The quantitative estimate of drug-likeness (QED) is 0.824. The standard InChI is InChI=1S/C8H12IN3O2/c1-2-7-11-6(9)5-12(7)4-3-10-8(13)14/h5,10H,2-4H2,1H3,(H,13,14). The van der Waals surface area contributed by atoms with E-state index in [1.807, 2.05) is 17.7 Å². The zero-order chi connectivity index (χ0) is 10.6. The number of carbonyl (C=O) groups is 1. The summed E-state index contributed by atoms with van der Waals surface area (Å²) in [6.45, 7) is 3.07. The first-order chi connectivity index (χ1) is 6.63. The van der Waals surface area contributed by atoms with Crippen molar-refractivity contribution in [2.24, 2.45) is 0 Å². The van der Waals surface area contributed by atoms with Crippen molar-refractivity contribution in [3.05, 3.63) is 15.7 Å². The largest absolute Gasteiger partial charge is 0.465 e. The second kappa shape index (κ2) is 5.18. The fourth-order valence-electron chi connectivity index (χ4n) is 1.18. The molecule has 0 spiro atoms. The molecule has 0 fully saturated rings. The van der Waals surface area contributed by atoms with Crippen LogP contribution in [0.2, 0.25) is 0 Å². The number of imidazole rings is 1. The lowest BCUT2D eigenvalue weighted by Crippen LogP contribution is -2.25. The Morgan fingerprint density at radius 3 is 3.07 bits per heavy atom. The summed E-state index contributed by atoms with van der Waals surface area (Å²) in [5.41, 5.74) is 0. The van der Waals surface area contributed by atoms with Crippen molar-refractivity contribution < 1.29 is 9.90 Å². The maximum Gasteiger partial charge on any atom is 0.404 e. The van der Waals surface area contributed by atoms with Crippen LogP contribution < -0.4 is 5.32 Å². The van der Waals surface area contributed by atoms with Gasteiger partial charge >= 0.3 is 6.09 Å². The Morgan fingerprint density at radius 2 is 2.50 bits per heavy atom. The van der Waals surface area contributed by atoms with E-state index in [-0.39, 0.29) is 0 Å². The fraction of sp³-hybridized carbons (Fsp3) is 0.500. The van der Waals surface area contributed by atoms with Gasteiger partial charge in [0, 0.05) is 25.7 Å². The van der Waals surface area contributed by atoms with E-state index in [0.29, 0.717) is 13.1 Å². The van der Waals surface area contributed by atoms with Crippen molar-refractivity contribution in [3.63, 3.8) is 0 Å². The third-order valence-corrected chi connectivity index (χ3v) is 2.29. The maximum absolute atomic E-state index is 10.2. The molecule has 1 heterocycles. The molecule has 1 rings (SSSR count). The summed E-state index contributed by atoms with van der Waals surface area (Å²) >= 11 is 2.15. The molecule has 0 atom stereocenters. The summed E-state index contributed by atoms with van der Waals surface area (Å²) in [7, 11) is 0. The van der Waals surface area contributed by atoms with Crippen LogP contribution in [0.4, 0.5) is 4.79 Å². The summed E-state index contributed by atoms with van der Waals surface area (Å²) < 4.78 is 2.91. The lowest BCUT2D eigenvalue weighted by atomic mass is 10.4. The molecule has 5 nitrogen and oxygen atoms in total. The molecule has 1 aromatic heterocycles. The molecule has 6 heteroatoms.